The molecule has 1 amide bonds. The van der Waals surface area contributed by atoms with E-state index in [4.69, 9.17) is 9.47 Å². The summed E-state index contributed by atoms with van der Waals surface area (Å²) in [6, 6.07) is -0.849. The molecule has 1 aliphatic heterocycles. The second-order valence-electron chi connectivity index (χ2n) is 21.5. The zero-order chi connectivity index (χ0) is 59.3. The molecule has 1 rings (SSSR count). The summed E-state index contributed by atoms with van der Waals surface area (Å²) in [5, 5.41) is 54.5. The number of aliphatic hydroxyl groups excluding tert-OH is 5. The van der Waals surface area contributed by atoms with Crippen LogP contribution in [0.25, 0.3) is 0 Å². The van der Waals surface area contributed by atoms with Gasteiger partial charge in [-0.3, -0.25) is 4.79 Å². The minimum Gasteiger partial charge on any atom is -0.394 e. The Morgan fingerprint density at radius 1 is 0.427 bits per heavy atom. The molecule has 9 heteroatoms. The maximum atomic E-state index is 13.1. The van der Waals surface area contributed by atoms with Crippen LogP contribution in [0.2, 0.25) is 0 Å². The Balaban J connectivity index is 2.22. The Morgan fingerprint density at radius 2 is 0.768 bits per heavy atom. The average Bonchev–Trinajstić information content (AvgIpc) is 3.57. The zero-order valence-electron chi connectivity index (χ0n) is 51.4. The molecule has 6 N–H and O–H groups in total. The SMILES string of the molecule is CC/C=C\C/C=C\C/C=C\C/C=C\C/C=C\C/C=C\C/C=C\C/C=C\C/C=C\C/C=C\C/C=C\C/C=C\CCCCCCC(=O)NC(COC1OC(CO)C(O)C(O)C1O)C(O)/C=C/CC/C=C/CCCCCCCCCCCCCC. The zero-order valence-corrected chi connectivity index (χ0v) is 51.4. The number of unbranched alkanes of at least 4 members (excludes halogenated alkanes) is 17. The van der Waals surface area contributed by atoms with Crippen LogP contribution in [0.15, 0.2) is 170 Å². The van der Waals surface area contributed by atoms with Crippen LogP contribution in [0, 0.1) is 0 Å². The quantitative estimate of drug-likeness (QED) is 0.0261. The highest BCUT2D eigenvalue weighted by atomic mass is 16.7. The van der Waals surface area contributed by atoms with Crippen molar-refractivity contribution in [1.29, 1.82) is 0 Å². The van der Waals surface area contributed by atoms with E-state index in [1.807, 2.05) is 6.08 Å². The Labute approximate surface area is 500 Å². The molecule has 1 saturated heterocycles. The van der Waals surface area contributed by atoms with Gasteiger partial charge in [0.1, 0.15) is 24.4 Å². The second kappa shape index (κ2) is 59.7. The summed E-state index contributed by atoms with van der Waals surface area (Å²) >= 11 is 0. The summed E-state index contributed by atoms with van der Waals surface area (Å²) in [6.07, 6.45) is 88.6. The van der Waals surface area contributed by atoms with E-state index < -0.39 is 49.5 Å². The molecule has 0 saturated carbocycles. The van der Waals surface area contributed by atoms with Gasteiger partial charge in [0.2, 0.25) is 5.91 Å². The summed E-state index contributed by atoms with van der Waals surface area (Å²) in [4.78, 5) is 13.1. The van der Waals surface area contributed by atoms with E-state index in [2.05, 4.69) is 177 Å². The maximum Gasteiger partial charge on any atom is 0.220 e. The fourth-order valence-corrected chi connectivity index (χ4v) is 8.98. The third-order valence-corrected chi connectivity index (χ3v) is 14.0. The molecule has 0 bridgehead atoms. The Bertz CT molecular complexity index is 1890. The van der Waals surface area contributed by atoms with Gasteiger partial charge in [-0.25, -0.2) is 0 Å². The first-order valence-corrected chi connectivity index (χ1v) is 32.4. The molecular formula is C73H117NO8. The second-order valence-corrected chi connectivity index (χ2v) is 21.5. The first-order valence-electron chi connectivity index (χ1n) is 32.4. The lowest BCUT2D eigenvalue weighted by molar-refractivity contribution is -0.302. The van der Waals surface area contributed by atoms with Gasteiger partial charge in [0.25, 0.3) is 0 Å². The minimum atomic E-state index is -1.59. The summed E-state index contributed by atoms with van der Waals surface area (Å²) in [6.45, 7) is 3.62. The van der Waals surface area contributed by atoms with Gasteiger partial charge in [0.05, 0.1) is 25.4 Å². The lowest BCUT2D eigenvalue weighted by atomic mass is 9.99. The van der Waals surface area contributed by atoms with Gasteiger partial charge in [0, 0.05) is 6.42 Å². The van der Waals surface area contributed by atoms with Crippen molar-refractivity contribution >= 4 is 5.91 Å². The van der Waals surface area contributed by atoms with Crippen molar-refractivity contribution in [1.82, 2.24) is 5.32 Å². The van der Waals surface area contributed by atoms with Crippen LogP contribution in [-0.4, -0.2) is 87.5 Å². The largest absolute Gasteiger partial charge is 0.394 e. The summed E-state index contributed by atoms with van der Waals surface area (Å²) in [5.41, 5.74) is 0. The van der Waals surface area contributed by atoms with Crippen LogP contribution < -0.4 is 5.32 Å². The third-order valence-electron chi connectivity index (χ3n) is 14.0. The number of allylic oxidation sites excluding steroid dienone is 27. The van der Waals surface area contributed by atoms with Crippen molar-refractivity contribution in [3.05, 3.63) is 170 Å². The average molecular weight is 1140 g/mol. The van der Waals surface area contributed by atoms with Crippen LogP contribution in [0.4, 0.5) is 0 Å². The molecule has 1 heterocycles. The Kier molecular flexibility index (Phi) is 55.0. The predicted molar refractivity (Wildman–Crippen MR) is 349 cm³/mol. The van der Waals surface area contributed by atoms with E-state index in [0.29, 0.717) is 12.8 Å². The molecule has 0 aromatic heterocycles. The van der Waals surface area contributed by atoms with Crippen LogP contribution >= 0.6 is 0 Å². The molecule has 462 valence electrons. The number of hydrogen-bond donors (Lipinski definition) is 6. The molecule has 1 aliphatic rings. The highest BCUT2D eigenvalue weighted by Gasteiger charge is 2.44. The molecule has 1 fully saturated rings. The monoisotopic (exact) mass is 1140 g/mol. The van der Waals surface area contributed by atoms with Crippen LogP contribution in [0.1, 0.15) is 226 Å². The lowest BCUT2D eigenvalue weighted by Crippen LogP contribution is -2.60. The first kappa shape index (κ1) is 75.6. The van der Waals surface area contributed by atoms with Crippen molar-refractivity contribution in [3.8, 4) is 0 Å². The molecule has 7 unspecified atom stereocenters. The molecule has 0 aromatic rings. The molecule has 0 aromatic carbocycles. The van der Waals surface area contributed by atoms with Crippen LogP contribution in [0.5, 0.6) is 0 Å². The molecule has 7 atom stereocenters. The Morgan fingerprint density at radius 3 is 1.17 bits per heavy atom. The van der Waals surface area contributed by atoms with E-state index in [9.17, 15) is 30.3 Å². The molecule has 0 spiro atoms. The van der Waals surface area contributed by atoms with E-state index in [0.717, 1.165) is 122 Å². The fraction of sp³-hybridized carbons (Fsp3) is 0.603. The smallest absolute Gasteiger partial charge is 0.220 e. The molecule has 0 radical (unpaired) electrons. The van der Waals surface area contributed by atoms with Crippen molar-refractivity contribution in [2.45, 2.75) is 269 Å². The first-order chi connectivity index (χ1) is 40.3. The molecule has 9 nitrogen and oxygen atoms in total. The van der Waals surface area contributed by atoms with Crippen molar-refractivity contribution in [3.63, 3.8) is 0 Å². The number of nitrogens with one attached hydrogen (secondary N) is 1. The van der Waals surface area contributed by atoms with E-state index in [-0.39, 0.29) is 12.5 Å². The van der Waals surface area contributed by atoms with Gasteiger partial charge in [-0.1, -0.05) is 267 Å². The lowest BCUT2D eigenvalue weighted by Gasteiger charge is -2.40. The van der Waals surface area contributed by atoms with E-state index in [1.54, 1.807) is 6.08 Å². The molecule has 82 heavy (non-hydrogen) atoms. The highest BCUT2D eigenvalue weighted by molar-refractivity contribution is 5.76. The summed E-state index contributed by atoms with van der Waals surface area (Å²) in [5.74, 6) is -0.218. The van der Waals surface area contributed by atoms with Gasteiger partial charge >= 0.3 is 0 Å². The van der Waals surface area contributed by atoms with Gasteiger partial charge in [-0.2, -0.15) is 0 Å². The normalized spacial score (nSPS) is 19.5. The molecular weight excluding hydrogens is 1020 g/mol. The van der Waals surface area contributed by atoms with Crippen molar-refractivity contribution < 1.29 is 39.8 Å². The number of ether oxygens (including phenoxy) is 2. The summed E-state index contributed by atoms with van der Waals surface area (Å²) < 4.78 is 11.3. The number of amides is 1. The third kappa shape index (κ3) is 48.0. The number of rotatable bonds is 53. The van der Waals surface area contributed by atoms with E-state index in [1.165, 1.54) is 77.0 Å². The fourth-order valence-electron chi connectivity index (χ4n) is 8.98. The van der Waals surface area contributed by atoms with Gasteiger partial charge < -0.3 is 40.3 Å². The number of hydrogen-bond acceptors (Lipinski definition) is 8. The van der Waals surface area contributed by atoms with Crippen molar-refractivity contribution in [2.24, 2.45) is 0 Å². The highest BCUT2D eigenvalue weighted by Crippen LogP contribution is 2.23. The Hall–Kier alpha value is -4.45. The van der Waals surface area contributed by atoms with Crippen LogP contribution in [0.3, 0.4) is 0 Å². The maximum absolute atomic E-state index is 13.1. The topological polar surface area (TPSA) is 149 Å². The van der Waals surface area contributed by atoms with Crippen molar-refractivity contribution in [2.75, 3.05) is 13.2 Å². The number of aliphatic hydroxyl groups is 5. The van der Waals surface area contributed by atoms with E-state index >= 15 is 0 Å². The molecule has 0 aliphatic carbocycles. The number of carbonyl (C=O) groups excluding carboxylic acids is 1. The standard InChI is InChI=1S/C73H117NO8/c1-3-5-7-9-11-13-15-17-19-21-23-24-25-26-27-28-29-30-31-32-33-34-35-36-37-38-39-40-41-42-43-44-45-47-49-51-53-55-57-59-61-63-69(77)74-66(65-81-73-72(80)71(79)70(78)68(64-75)82-73)67(76)62-60-58-56-54-52-50-48-46-22-20-18-16-14-12-10-8-6-4-2/h5,7,11,13,17,19,23-24,26-27,29-30,32-33,35-36,38-39,41-42,44-45,49,51-52,54,60,62,66-68,70-73,75-76,78-80H,3-4,6,8-10,12,14-16,18,20-22,25,28,31,34,37,40,43,46-48,50,53,55-59,61,63-65H2,1-2H3,(H,74,77)/b7-5-,13-11-,19-17-,24-23-,27-26-,30-29-,33-32-,36-35-,39-38-,42-41-,45-44-,51-49-,54-52+,62-60+. The van der Waals surface area contributed by atoms with Crippen LogP contribution in [-0.2, 0) is 14.3 Å². The van der Waals surface area contributed by atoms with Gasteiger partial charge in [-0.05, 0) is 122 Å². The predicted octanol–water partition coefficient (Wildman–Crippen LogP) is 17.3. The van der Waals surface area contributed by atoms with Gasteiger partial charge in [0.15, 0.2) is 6.29 Å². The van der Waals surface area contributed by atoms with Gasteiger partial charge in [-0.15, -0.1) is 0 Å². The number of carbonyl (C=O) groups is 1. The minimum absolute atomic E-state index is 0.218. The summed E-state index contributed by atoms with van der Waals surface area (Å²) in [7, 11) is 0.